The van der Waals surface area contributed by atoms with Crippen molar-refractivity contribution in [2.75, 3.05) is 13.1 Å². The van der Waals surface area contributed by atoms with Crippen molar-refractivity contribution in [3.05, 3.63) is 36.2 Å². The van der Waals surface area contributed by atoms with Gasteiger partial charge in [-0.2, -0.15) is 0 Å². The fourth-order valence-corrected chi connectivity index (χ4v) is 3.65. The van der Waals surface area contributed by atoms with Crippen LogP contribution >= 0.6 is 11.8 Å². The zero-order valence-corrected chi connectivity index (χ0v) is 14.5. The molecule has 1 aliphatic rings. The Balaban J connectivity index is 1.91. The van der Waals surface area contributed by atoms with E-state index in [-0.39, 0.29) is 11.4 Å². The minimum Gasteiger partial charge on any atom is -0.392 e. The molecule has 6 heteroatoms. The lowest BCUT2D eigenvalue weighted by Crippen LogP contribution is -2.21. The van der Waals surface area contributed by atoms with E-state index < -0.39 is 0 Å². The predicted octanol–water partition coefficient (Wildman–Crippen LogP) is 2.72. The van der Waals surface area contributed by atoms with Gasteiger partial charge in [0.1, 0.15) is 0 Å². The Morgan fingerprint density at radius 2 is 1.83 bits per heavy atom. The highest BCUT2D eigenvalue weighted by Crippen LogP contribution is 2.28. The van der Waals surface area contributed by atoms with Crippen molar-refractivity contribution in [1.82, 2.24) is 19.7 Å². The summed E-state index contributed by atoms with van der Waals surface area (Å²) in [6.07, 6.45) is 2.14. The van der Waals surface area contributed by atoms with Crippen LogP contribution in [0.25, 0.3) is 5.69 Å². The third-order valence-electron chi connectivity index (χ3n) is 4.25. The average molecular weight is 332 g/mol. The fraction of sp³-hybridized carbons (Fsp3) is 0.529. The second kappa shape index (κ2) is 7.47. The highest BCUT2D eigenvalue weighted by Gasteiger charge is 2.21. The Morgan fingerprint density at radius 3 is 2.48 bits per heavy atom. The largest absolute Gasteiger partial charge is 0.392 e. The third kappa shape index (κ3) is 3.94. The molecule has 1 aromatic carbocycles. The Labute approximate surface area is 141 Å². The molecule has 2 atom stereocenters. The SMILES string of the molecule is CC(O)C(C)Sc1nnc(CN2CCCC2)n1-c1ccccc1. The standard InChI is InChI=1S/C17H24N4OS/c1-13(22)14(2)23-17-19-18-16(12-20-10-6-7-11-20)21(17)15-8-4-3-5-9-15/h3-5,8-9,13-14,22H,6-7,10-12H2,1-2H3. The van der Waals surface area contributed by atoms with Crippen LogP contribution in [0.15, 0.2) is 35.5 Å². The molecule has 1 saturated heterocycles. The van der Waals surface area contributed by atoms with Crippen molar-refractivity contribution < 1.29 is 5.11 Å². The summed E-state index contributed by atoms with van der Waals surface area (Å²) in [6, 6.07) is 10.2. The Bertz CT molecular complexity index is 601. The van der Waals surface area contributed by atoms with Crippen LogP contribution in [0.3, 0.4) is 0 Å². The first-order valence-electron chi connectivity index (χ1n) is 8.22. The number of aliphatic hydroxyl groups excluding tert-OH is 1. The van der Waals surface area contributed by atoms with Crippen molar-refractivity contribution in [3.8, 4) is 5.69 Å². The summed E-state index contributed by atoms with van der Waals surface area (Å²) < 4.78 is 2.13. The van der Waals surface area contributed by atoms with Gasteiger partial charge >= 0.3 is 0 Å². The maximum Gasteiger partial charge on any atom is 0.196 e. The van der Waals surface area contributed by atoms with E-state index in [1.54, 1.807) is 11.8 Å². The highest BCUT2D eigenvalue weighted by atomic mass is 32.2. The lowest BCUT2D eigenvalue weighted by Gasteiger charge is -2.17. The van der Waals surface area contributed by atoms with Gasteiger partial charge in [-0.15, -0.1) is 10.2 Å². The quantitative estimate of drug-likeness (QED) is 0.824. The third-order valence-corrected chi connectivity index (χ3v) is 5.49. The molecule has 1 fully saturated rings. The van der Waals surface area contributed by atoms with Crippen molar-refractivity contribution in [2.24, 2.45) is 0 Å². The number of hydrogen-bond donors (Lipinski definition) is 1. The van der Waals surface area contributed by atoms with Gasteiger partial charge in [0.2, 0.25) is 0 Å². The summed E-state index contributed by atoms with van der Waals surface area (Å²) in [5.41, 5.74) is 1.08. The van der Waals surface area contributed by atoms with Crippen LogP contribution in [0.5, 0.6) is 0 Å². The van der Waals surface area contributed by atoms with E-state index in [1.165, 1.54) is 12.8 Å². The Kier molecular flexibility index (Phi) is 5.35. The number of aliphatic hydroxyl groups is 1. The van der Waals surface area contributed by atoms with Gasteiger partial charge in [0, 0.05) is 10.9 Å². The first-order chi connectivity index (χ1) is 11.1. The monoisotopic (exact) mass is 332 g/mol. The lowest BCUT2D eigenvalue weighted by molar-refractivity contribution is 0.196. The first-order valence-corrected chi connectivity index (χ1v) is 9.10. The molecule has 23 heavy (non-hydrogen) atoms. The van der Waals surface area contributed by atoms with E-state index in [0.717, 1.165) is 36.3 Å². The smallest absolute Gasteiger partial charge is 0.196 e. The van der Waals surface area contributed by atoms with E-state index in [1.807, 2.05) is 32.0 Å². The summed E-state index contributed by atoms with van der Waals surface area (Å²) in [6.45, 7) is 6.92. The lowest BCUT2D eigenvalue weighted by atomic mass is 10.3. The molecule has 1 aliphatic heterocycles. The van der Waals surface area contributed by atoms with Gasteiger partial charge in [-0.1, -0.05) is 36.9 Å². The van der Waals surface area contributed by atoms with E-state index in [4.69, 9.17) is 0 Å². The fourth-order valence-electron chi connectivity index (χ4n) is 2.72. The molecular formula is C17H24N4OS. The number of likely N-dealkylation sites (tertiary alicyclic amines) is 1. The van der Waals surface area contributed by atoms with Crippen molar-refractivity contribution in [3.63, 3.8) is 0 Å². The molecular weight excluding hydrogens is 308 g/mol. The molecule has 124 valence electrons. The Morgan fingerprint density at radius 1 is 1.13 bits per heavy atom. The topological polar surface area (TPSA) is 54.2 Å². The van der Waals surface area contributed by atoms with Gasteiger partial charge in [0.05, 0.1) is 12.6 Å². The predicted molar refractivity (Wildman–Crippen MR) is 92.9 cm³/mol. The number of rotatable bonds is 6. The summed E-state index contributed by atoms with van der Waals surface area (Å²) in [4.78, 5) is 2.43. The normalized spacial score (nSPS) is 18.2. The maximum atomic E-state index is 9.79. The van der Waals surface area contributed by atoms with Gasteiger partial charge in [-0.25, -0.2) is 0 Å². The maximum absolute atomic E-state index is 9.79. The number of hydrogen-bond acceptors (Lipinski definition) is 5. The molecule has 5 nitrogen and oxygen atoms in total. The van der Waals surface area contributed by atoms with Crippen molar-refractivity contribution in [1.29, 1.82) is 0 Å². The van der Waals surface area contributed by atoms with E-state index in [9.17, 15) is 5.11 Å². The average Bonchev–Trinajstić information content (AvgIpc) is 3.19. The second-order valence-corrected chi connectivity index (χ2v) is 7.46. The summed E-state index contributed by atoms with van der Waals surface area (Å²) in [7, 11) is 0. The van der Waals surface area contributed by atoms with Gasteiger partial charge in [-0.05, 0) is 45.0 Å². The second-order valence-electron chi connectivity index (χ2n) is 6.12. The Hall–Kier alpha value is -1.37. The summed E-state index contributed by atoms with van der Waals surface area (Å²) in [5, 5.41) is 19.5. The van der Waals surface area contributed by atoms with Gasteiger partial charge < -0.3 is 5.11 Å². The molecule has 0 saturated carbocycles. The van der Waals surface area contributed by atoms with E-state index >= 15 is 0 Å². The zero-order chi connectivity index (χ0) is 16.2. The van der Waals surface area contributed by atoms with Crippen LogP contribution in [-0.2, 0) is 6.54 Å². The number of aromatic nitrogens is 3. The van der Waals surface area contributed by atoms with Crippen LogP contribution in [0.4, 0.5) is 0 Å². The number of nitrogens with zero attached hydrogens (tertiary/aromatic N) is 4. The van der Waals surface area contributed by atoms with Crippen LogP contribution < -0.4 is 0 Å². The summed E-state index contributed by atoms with van der Waals surface area (Å²) >= 11 is 1.57. The van der Waals surface area contributed by atoms with Gasteiger partial charge in [0.15, 0.2) is 11.0 Å². The molecule has 0 aliphatic carbocycles. The number of thioether (sulfide) groups is 1. The zero-order valence-electron chi connectivity index (χ0n) is 13.7. The molecule has 1 N–H and O–H groups in total. The first kappa shape index (κ1) is 16.5. The van der Waals surface area contributed by atoms with Crippen LogP contribution in [0, 0.1) is 0 Å². The molecule has 2 unspecified atom stereocenters. The number of para-hydroxylation sites is 1. The van der Waals surface area contributed by atoms with Crippen LogP contribution in [0.2, 0.25) is 0 Å². The van der Waals surface area contributed by atoms with E-state index in [2.05, 4.69) is 31.8 Å². The van der Waals surface area contributed by atoms with Crippen LogP contribution in [0.1, 0.15) is 32.5 Å². The molecule has 2 aromatic rings. The van der Waals surface area contributed by atoms with Gasteiger partial charge in [-0.3, -0.25) is 9.47 Å². The van der Waals surface area contributed by atoms with Crippen molar-refractivity contribution >= 4 is 11.8 Å². The molecule has 0 radical (unpaired) electrons. The molecule has 0 spiro atoms. The van der Waals surface area contributed by atoms with Gasteiger partial charge in [0.25, 0.3) is 0 Å². The van der Waals surface area contributed by atoms with Crippen LogP contribution in [-0.4, -0.2) is 49.2 Å². The molecule has 1 aromatic heterocycles. The molecule has 3 rings (SSSR count). The molecule has 2 heterocycles. The minimum atomic E-state index is -0.386. The summed E-state index contributed by atoms with van der Waals surface area (Å²) in [5.74, 6) is 0.971. The minimum absolute atomic E-state index is 0.0706. The highest BCUT2D eigenvalue weighted by molar-refractivity contribution is 7.99. The van der Waals surface area contributed by atoms with Crippen molar-refractivity contribution in [2.45, 2.75) is 49.7 Å². The van der Waals surface area contributed by atoms with E-state index in [0.29, 0.717) is 0 Å². The molecule has 0 bridgehead atoms. The molecule has 0 amide bonds. The number of benzene rings is 1.